The molecule has 46 heavy (non-hydrogen) atoms. The molecule has 1 aliphatic heterocycles. The molecule has 0 radical (unpaired) electrons. The molecule has 0 saturated carbocycles. The van der Waals surface area contributed by atoms with E-state index < -0.39 is 17.6 Å². The molecule has 2 aromatic rings. The van der Waals surface area contributed by atoms with Crippen LogP contribution >= 0.6 is 0 Å². The molecule has 3 rings (SSSR count). The van der Waals surface area contributed by atoms with Crippen LogP contribution in [0.2, 0.25) is 0 Å². The number of aldehydes is 2. The van der Waals surface area contributed by atoms with E-state index in [1.165, 1.54) is 13.2 Å². The highest BCUT2D eigenvalue weighted by atomic mass is 19.4. The van der Waals surface area contributed by atoms with Crippen molar-refractivity contribution in [3.63, 3.8) is 0 Å². The molecule has 1 aliphatic rings. The van der Waals surface area contributed by atoms with Gasteiger partial charge >= 0.3 is 6.18 Å². The van der Waals surface area contributed by atoms with E-state index in [0.29, 0.717) is 23.5 Å². The minimum atomic E-state index is -4.70. The number of allylic oxidation sites excluding steroid dienone is 2. The van der Waals surface area contributed by atoms with Gasteiger partial charge in [-0.1, -0.05) is 33.4 Å². The van der Waals surface area contributed by atoms with E-state index in [2.05, 4.69) is 61.1 Å². The van der Waals surface area contributed by atoms with Gasteiger partial charge in [0.25, 0.3) is 0 Å². The predicted molar refractivity (Wildman–Crippen MR) is 182 cm³/mol. The lowest BCUT2D eigenvalue weighted by molar-refractivity contribution is -0.114. The second kappa shape index (κ2) is 19.6. The molecule has 1 aromatic heterocycles. The zero-order valence-electron chi connectivity index (χ0n) is 27.3. The molecule has 3 N–H and O–H groups in total. The van der Waals surface area contributed by atoms with Crippen LogP contribution in [0.15, 0.2) is 70.4 Å². The van der Waals surface area contributed by atoms with Gasteiger partial charge < -0.3 is 35.3 Å². The first-order chi connectivity index (χ1) is 21.7. The minimum Gasteiger partial charge on any atom is -0.479 e. The van der Waals surface area contributed by atoms with Gasteiger partial charge in [0.1, 0.15) is 36.5 Å². The minimum absolute atomic E-state index is 0.134. The SMILES string of the molecule is C=CC=O.C=N/C(Nc1cccc(NC)c1)=C(\C=N/CNc1ccc(N2CCN(C)CC2)nc1OC)C(F)(F)F.CC(C)(C)C=O. The van der Waals surface area contributed by atoms with E-state index in [1.54, 1.807) is 37.4 Å². The molecule has 1 aromatic carbocycles. The fraction of sp³-hybridized carbons (Fsp3) is 0.406. The Morgan fingerprint density at radius 1 is 1.09 bits per heavy atom. The number of aliphatic imine (C=N–C) groups is 2. The number of carbonyl (C=O) groups excluding carboxylic acids is 2. The molecular weight excluding hydrogens is 601 g/mol. The second-order valence-electron chi connectivity index (χ2n) is 10.9. The lowest BCUT2D eigenvalue weighted by atomic mass is 10.0. The molecule has 1 saturated heterocycles. The number of halogens is 3. The van der Waals surface area contributed by atoms with Crippen LogP contribution in [0.1, 0.15) is 20.8 Å². The fourth-order valence-electron chi connectivity index (χ4n) is 3.55. The Kier molecular flexibility index (Phi) is 16.8. The molecule has 0 amide bonds. The number of pyridine rings is 1. The van der Waals surface area contributed by atoms with Crippen molar-refractivity contribution in [2.75, 3.05) is 74.9 Å². The summed E-state index contributed by atoms with van der Waals surface area (Å²) >= 11 is 0. The van der Waals surface area contributed by atoms with Crippen molar-refractivity contribution in [1.29, 1.82) is 0 Å². The third-order valence-corrected chi connectivity index (χ3v) is 6.03. The van der Waals surface area contributed by atoms with Crippen molar-refractivity contribution in [2.24, 2.45) is 15.4 Å². The summed E-state index contributed by atoms with van der Waals surface area (Å²) in [5, 5.41) is 8.55. The Bertz CT molecular complexity index is 1330. The van der Waals surface area contributed by atoms with Crippen LogP contribution in [-0.4, -0.2) is 95.6 Å². The molecule has 0 spiro atoms. The van der Waals surface area contributed by atoms with Gasteiger partial charge in [0.15, 0.2) is 0 Å². The first-order valence-corrected chi connectivity index (χ1v) is 14.3. The average Bonchev–Trinajstić information content (AvgIpc) is 3.03. The Morgan fingerprint density at radius 3 is 2.20 bits per heavy atom. The smallest absolute Gasteiger partial charge is 0.421 e. The summed E-state index contributed by atoms with van der Waals surface area (Å²) < 4.78 is 46.7. The van der Waals surface area contributed by atoms with Crippen molar-refractivity contribution in [2.45, 2.75) is 26.9 Å². The number of carbonyl (C=O) groups is 2. The van der Waals surface area contributed by atoms with E-state index in [4.69, 9.17) is 9.53 Å². The highest BCUT2D eigenvalue weighted by Crippen LogP contribution is 2.29. The topological polar surface area (TPSA) is 124 Å². The molecule has 14 heteroatoms. The Balaban J connectivity index is 0.000000919. The third kappa shape index (κ3) is 14.4. The maximum absolute atomic E-state index is 13.8. The summed E-state index contributed by atoms with van der Waals surface area (Å²) in [5.41, 5.74) is 0.489. The van der Waals surface area contributed by atoms with E-state index in [-0.39, 0.29) is 12.1 Å². The lowest BCUT2D eigenvalue weighted by Crippen LogP contribution is -2.44. The zero-order chi connectivity index (χ0) is 34.8. The van der Waals surface area contributed by atoms with Gasteiger partial charge in [-0.15, -0.1) is 0 Å². The first kappa shape index (κ1) is 39.3. The monoisotopic (exact) mass is 646 g/mol. The highest BCUT2D eigenvalue weighted by Gasteiger charge is 2.35. The summed E-state index contributed by atoms with van der Waals surface area (Å²) in [5.74, 6) is 0.675. The number of ether oxygens (including phenoxy) is 1. The number of benzene rings is 1. The van der Waals surface area contributed by atoms with Crippen molar-refractivity contribution in [1.82, 2.24) is 9.88 Å². The van der Waals surface area contributed by atoms with Gasteiger partial charge in [-0.2, -0.15) is 18.2 Å². The number of methoxy groups -OCH3 is 1. The van der Waals surface area contributed by atoms with Crippen molar-refractivity contribution >= 4 is 48.4 Å². The molecule has 0 aliphatic carbocycles. The normalized spacial score (nSPS) is 14.0. The number of hydrogen-bond donors (Lipinski definition) is 3. The number of nitrogens with zero attached hydrogens (tertiary/aromatic N) is 5. The number of piperazine rings is 1. The number of aromatic nitrogens is 1. The van der Waals surface area contributed by atoms with Crippen LogP contribution < -0.4 is 25.6 Å². The number of nitrogens with one attached hydrogen (secondary N) is 3. The Labute approximate surface area is 269 Å². The molecule has 1 fully saturated rings. The fourth-order valence-corrected chi connectivity index (χ4v) is 3.55. The van der Waals surface area contributed by atoms with E-state index in [1.807, 2.05) is 26.8 Å². The van der Waals surface area contributed by atoms with Gasteiger partial charge in [-0.05, 0) is 50.2 Å². The van der Waals surface area contributed by atoms with Gasteiger partial charge in [0, 0.05) is 56.2 Å². The lowest BCUT2D eigenvalue weighted by Gasteiger charge is -2.33. The van der Waals surface area contributed by atoms with E-state index in [0.717, 1.165) is 50.2 Å². The van der Waals surface area contributed by atoms with Crippen LogP contribution in [0.3, 0.4) is 0 Å². The third-order valence-electron chi connectivity index (χ3n) is 6.03. The molecule has 0 unspecified atom stereocenters. The molecule has 0 bridgehead atoms. The first-order valence-electron chi connectivity index (χ1n) is 14.3. The molecule has 2 heterocycles. The molecule has 252 valence electrons. The Hall–Kier alpha value is -4.72. The van der Waals surface area contributed by atoms with Crippen LogP contribution in [-0.2, 0) is 9.59 Å². The van der Waals surface area contributed by atoms with Gasteiger partial charge in [0.05, 0.1) is 12.8 Å². The van der Waals surface area contributed by atoms with Crippen LogP contribution in [0.5, 0.6) is 5.88 Å². The summed E-state index contributed by atoms with van der Waals surface area (Å²) in [6.45, 7) is 15.5. The molecular formula is C32H45F3N8O3. The maximum Gasteiger partial charge on any atom is 0.421 e. The van der Waals surface area contributed by atoms with Crippen LogP contribution in [0.25, 0.3) is 0 Å². The summed E-state index contributed by atoms with van der Waals surface area (Å²) in [6, 6.07) is 10.4. The number of hydrogen-bond acceptors (Lipinski definition) is 11. The van der Waals surface area contributed by atoms with Crippen LogP contribution in [0.4, 0.5) is 36.1 Å². The van der Waals surface area contributed by atoms with Gasteiger partial charge in [-0.25, -0.2) is 4.99 Å². The van der Waals surface area contributed by atoms with E-state index in [9.17, 15) is 18.0 Å². The summed E-state index contributed by atoms with van der Waals surface area (Å²) in [4.78, 5) is 35.3. The van der Waals surface area contributed by atoms with Crippen molar-refractivity contribution in [3.05, 3.63) is 60.4 Å². The Morgan fingerprint density at radius 2 is 1.70 bits per heavy atom. The standard InChI is InChI=1S/C24H31F3N8O.C5H10O.C3H4O/c1-28-17-6-5-7-18(14-17)32-22(29-2)19(24(25,26)27)15-30-16-31-20-8-9-21(33-23(20)36-4)35-12-10-34(3)11-13-35;1-5(2,3)4-6;1-2-3-4/h5-9,14-15,28,31-32H,2,10-13,16H2,1,3-4H3;4H,1-3H3;2-3H,1H2/b22-19-,30-15-;;. The molecule has 0 atom stereocenters. The van der Waals surface area contributed by atoms with Gasteiger partial charge in [0.2, 0.25) is 5.88 Å². The van der Waals surface area contributed by atoms with Crippen molar-refractivity contribution in [3.8, 4) is 5.88 Å². The second-order valence-corrected chi connectivity index (χ2v) is 10.9. The number of likely N-dealkylation sites (N-methyl/N-ethyl adjacent to an activating group) is 1. The van der Waals surface area contributed by atoms with Gasteiger partial charge in [-0.3, -0.25) is 9.79 Å². The average molecular weight is 647 g/mol. The number of alkyl halides is 3. The number of anilines is 4. The zero-order valence-corrected chi connectivity index (χ0v) is 27.3. The summed E-state index contributed by atoms with van der Waals surface area (Å²) in [7, 11) is 5.28. The summed E-state index contributed by atoms with van der Waals surface area (Å²) in [6.07, 6.45) is -1.20. The maximum atomic E-state index is 13.8. The molecule has 11 nitrogen and oxygen atoms in total. The predicted octanol–water partition coefficient (Wildman–Crippen LogP) is 5.51. The largest absolute Gasteiger partial charge is 0.479 e. The quantitative estimate of drug-likeness (QED) is 0.165. The van der Waals surface area contributed by atoms with E-state index >= 15 is 0 Å². The number of rotatable bonds is 11. The van der Waals surface area contributed by atoms with Crippen molar-refractivity contribution < 1.29 is 27.5 Å². The van der Waals surface area contributed by atoms with Crippen LogP contribution in [0, 0.1) is 5.41 Å². The highest BCUT2D eigenvalue weighted by molar-refractivity contribution is 5.83.